The number of benzene rings is 1. The number of nitrogens with one attached hydrogen (secondary N) is 1. The van der Waals surface area contributed by atoms with E-state index in [2.05, 4.69) is 19.2 Å². The van der Waals surface area contributed by atoms with Crippen LogP contribution in [-0.4, -0.2) is 101 Å². The standard InChI is InChI=1S/C40H60N2O11/c1-6-8-10-18-39(19-11-9-7-2)51-32-30-24-40(37(47)41-29(26-44)15-16-31(45)50-38(3,4)5)34(36(46)49-30)42(53-35(40)33(32)52-39)25-28-14-12-13-27(23-28)17-21-48-22-20-43/h12-14,17,21,23,29-30,32-35,43-44H,6-11,15-16,18-20,22,24-26H2,1-5H3,(H,41,47). The van der Waals surface area contributed by atoms with Crippen LogP contribution in [0.2, 0.25) is 0 Å². The average molecular weight is 745 g/mol. The van der Waals surface area contributed by atoms with E-state index in [1.165, 1.54) is 6.26 Å². The number of aliphatic hydroxyl groups is 2. The third-order valence-electron chi connectivity index (χ3n) is 10.5. The Labute approximate surface area is 313 Å². The minimum Gasteiger partial charge on any atom is -0.499 e. The lowest BCUT2D eigenvalue weighted by Gasteiger charge is -2.49. The third-order valence-corrected chi connectivity index (χ3v) is 10.5. The Hall–Kier alpha value is -3.07. The molecule has 1 aliphatic carbocycles. The van der Waals surface area contributed by atoms with Crippen LogP contribution in [0, 0.1) is 5.41 Å². The summed E-state index contributed by atoms with van der Waals surface area (Å²) in [6.07, 6.45) is 7.91. The van der Waals surface area contributed by atoms with Crippen molar-refractivity contribution in [1.29, 1.82) is 0 Å². The fraction of sp³-hybridized carbons (Fsp3) is 0.725. The molecule has 0 spiro atoms. The summed E-state index contributed by atoms with van der Waals surface area (Å²) in [5.41, 5.74) is -0.442. The first-order valence-corrected chi connectivity index (χ1v) is 19.5. The van der Waals surface area contributed by atoms with Crippen molar-refractivity contribution in [3.05, 3.63) is 41.7 Å². The van der Waals surface area contributed by atoms with Gasteiger partial charge in [0.05, 0.1) is 32.1 Å². The first-order valence-electron chi connectivity index (χ1n) is 19.5. The van der Waals surface area contributed by atoms with Crippen LogP contribution in [0.4, 0.5) is 0 Å². The van der Waals surface area contributed by atoms with E-state index in [-0.39, 0.29) is 39.0 Å². The molecule has 4 fully saturated rings. The number of rotatable bonds is 20. The van der Waals surface area contributed by atoms with Gasteiger partial charge in [-0.15, -0.1) is 0 Å². The summed E-state index contributed by atoms with van der Waals surface area (Å²) in [6, 6.07) is 5.73. The molecule has 1 aromatic rings. The predicted molar refractivity (Wildman–Crippen MR) is 195 cm³/mol. The molecule has 3 saturated heterocycles. The van der Waals surface area contributed by atoms with E-state index in [9.17, 15) is 19.5 Å². The molecule has 5 rings (SSSR count). The zero-order chi connectivity index (χ0) is 38.2. The zero-order valence-electron chi connectivity index (χ0n) is 32.1. The highest BCUT2D eigenvalue weighted by atomic mass is 16.8. The maximum absolute atomic E-state index is 14.8. The molecule has 1 amide bonds. The lowest BCUT2D eigenvalue weighted by atomic mass is 9.62. The number of unbranched alkanes of at least 4 members (excludes halogenated alkanes) is 4. The first kappa shape index (κ1) is 41.1. The van der Waals surface area contributed by atoms with Crippen molar-refractivity contribution in [2.45, 2.75) is 160 Å². The van der Waals surface area contributed by atoms with Crippen molar-refractivity contribution in [2.24, 2.45) is 5.41 Å². The molecular formula is C40H60N2O11. The van der Waals surface area contributed by atoms with Gasteiger partial charge in [0.25, 0.3) is 0 Å². The van der Waals surface area contributed by atoms with Gasteiger partial charge in [0, 0.05) is 25.7 Å². The van der Waals surface area contributed by atoms with Gasteiger partial charge in [-0.1, -0.05) is 63.8 Å². The fourth-order valence-corrected chi connectivity index (χ4v) is 8.13. The van der Waals surface area contributed by atoms with Crippen molar-refractivity contribution in [2.75, 3.05) is 19.8 Å². The van der Waals surface area contributed by atoms with Gasteiger partial charge in [0.2, 0.25) is 5.91 Å². The number of amides is 1. The molecule has 7 unspecified atom stereocenters. The number of fused-ring (bicyclic) bond motifs is 4. The highest BCUT2D eigenvalue weighted by Crippen LogP contribution is 2.58. The molecule has 7 atom stereocenters. The van der Waals surface area contributed by atoms with Crippen LogP contribution in [0.15, 0.2) is 30.5 Å². The van der Waals surface area contributed by atoms with Crippen molar-refractivity contribution < 1.29 is 53.1 Å². The topological polar surface area (TPSA) is 162 Å². The van der Waals surface area contributed by atoms with Crippen LogP contribution in [0.25, 0.3) is 6.08 Å². The van der Waals surface area contributed by atoms with Crippen LogP contribution in [0.1, 0.15) is 116 Å². The third kappa shape index (κ3) is 9.60. The molecule has 13 heteroatoms. The molecule has 3 aliphatic heterocycles. The number of hydrogen-bond donors (Lipinski definition) is 3. The summed E-state index contributed by atoms with van der Waals surface area (Å²) < 4.78 is 30.7. The Bertz CT molecular complexity index is 1420. The van der Waals surface area contributed by atoms with Gasteiger partial charge in [-0.2, -0.15) is 5.06 Å². The largest absolute Gasteiger partial charge is 0.499 e. The van der Waals surface area contributed by atoms with E-state index in [1.54, 1.807) is 31.9 Å². The highest BCUT2D eigenvalue weighted by molar-refractivity contribution is 5.93. The van der Waals surface area contributed by atoms with E-state index in [4.69, 9.17) is 33.6 Å². The Morgan fingerprint density at radius 2 is 1.79 bits per heavy atom. The van der Waals surface area contributed by atoms with E-state index in [1.807, 2.05) is 24.3 Å². The molecule has 1 aromatic carbocycles. The number of hydrogen-bond acceptors (Lipinski definition) is 12. The van der Waals surface area contributed by atoms with E-state index >= 15 is 0 Å². The van der Waals surface area contributed by atoms with Crippen LogP contribution >= 0.6 is 0 Å². The number of aliphatic hydroxyl groups excluding tert-OH is 2. The van der Waals surface area contributed by atoms with E-state index in [0.717, 1.165) is 49.7 Å². The summed E-state index contributed by atoms with van der Waals surface area (Å²) in [6.45, 7) is 9.48. The number of nitrogens with zero attached hydrogens (tertiary/aromatic N) is 1. The molecule has 13 nitrogen and oxygen atoms in total. The molecule has 3 N–H and O–H groups in total. The second-order valence-corrected chi connectivity index (χ2v) is 15.8. The maximum Gasteiger partial charge on any atom is 0.327 e. The minimum absolute atomic E-state index is 0.00849. The fourth-order valence-electron chi connectivity index (χ4n) is 8.13. The van der Waals surface area contributed by atoms with Gasteiger partial charge >= 0.3 is 11.9 Å². The lowest BCUT2D eigenvalue weighted by Crippen LogP contribution is -2.70. The summed E-state index contributed by atoms with van der Waals surface area (Å²) in [4.78, 5) is 48.2. The van der Waals surface area contributed by atoms with Gasteiger partial charge in [-0.3, -0.25) is 19.2 Å². The van der Waals surface area contributed by atoms with E-state index in [0.29, 0.717) is 12.8 Å². The molecule has 1 saturated carbocycles. The Morgan fingerprint density at radius 1 is 1.08 bits per heavy atom. The monoisotopic (exact) mass is 744 g/mol. The second kappa shape index (κ2) is 18.0. The lowest BCUT2D eigenvalue weighted by molar-refractivity contribution is -0.224. The molecule has 0 aromatic heterocycles. The normalized spacial score (nSPS) is 28.1. The molecular weight excluding hydrogens is 684 g/mol. The minimum atomic E-state index is -1.43. The first-order chi connectivity index (χ1) is 25.4. The van der Waals surface area contributed by atoms with Gasteiger partial charge in [0.15, 0.2) is 11.8 Å². The molecule has 2 bridgehead atoms. The quantitative estimate of drug-likeness (QED) is 0.0960. The zero-order valence-corrected chi connectivity index (χ0v) is 32.1. The Kier molecular flexibility index (Phi) is 14.0. The predicted octanol–water partition coefficient (Wildman–Crippen LogP) is 4.71. The summed E-state index contributed by atoms with van der Waals surface area (Å²) in [5, 5.41) is 23.9. The van der Waals surface area contributed by atoms with E-state index < -0.39 is 77.8 Å². The Morgan fingerprint density at radius 3 is 2.45 bits per heavy atom. The molecule has 0 radical (unpaired) electrons. The van der Waals surface area contributed by atoms with Gasteiger partial charge < -0.3 is 39.2 Å². The van der Waals surface area contributed by atoms with Crippen molar-refractivity contribution in [3.63, 3.8) is 0 Å². The smallest absolute Gasteiger partial charge is 0.327 e. The average Bonchev–Trinajstić information content (AvgIpc) is 3.66. The highest BCUT2D eigenvalue weighted by Gasteiger charge is 2.76. The number of carbonyl (C=O) groups excluding carboxylic acids is 3. The molecule has 4 aliphatic rings. The van der Waals surface area contributed by atoms with Crippen LogP contribution in [0.5, 0.6) is 0 Å². The summed E-state index contributed by atoms with van der Waals surface area (Å²) >= 11 is 0. The van der Waals surface area contributed by atoms with Crippen molar-refractivity contribution >= 4 is 23.9 Å². The second-order valence-electron chi connectivity index (χ2n) is 15.8. The number of hydroxylamine groups is 2. The van der Waals surface area contributed by atoms with Crippen molar-refractivity contribution in [3.8, 4) is 0 Å². The number of esters is 2. The van der Waals surface area contributed by atoms with Gasteiger partial charge in [0.1, 0.15) is 42.0 Å². The van der Waals surface area contributed by atoms with Gasteiger partial charge in [-0.05, 0) is 57.2 Å². The summed E-state index contributed by atoms with van der Waals surface area (Å²) in [5.74, 6) is -2.38. The number of carbonyl (C=O) groups is 3. The maximum atomic E-state index is 14.8. The van der Waals surface area contributed by atoms with Crippen LogP contribution in [0.3, 0.4) is 0 Å². The van der Waals surface area contributed by atoms with Gasteiger partial charge in [-0.25, -0.2) is 0 Å². The molecule has 3 heterocycles. The van der Waals surface area contributed by atoms with Crippen LogP contribution < -0.4 is 5.32 Å². The Balaban J connectivity index is 1.46. The SMILES string of the molecule is CCCCCC1(CCCCC)OC2C3CC4(C(=O)NC(CO)CCC(=O)OC(C)(C)C)C(ON(Cc5cccc(C=COCCO)c5)C4C(=O)O3)C2O1. The summed E-state index contributed by atoms with van der Waals surface area (Å²) in [7, 11) is 0. The number of ether oxygens (including phenoxy) is 5. The van der Waals surface area contributed by atoms with Crippen molar-refractivity contribution in [1.82, 2.24) is 10.4 Å². The van der Waals surface area contributed by atoms with Crippen LogP contribution in [-0.2, 0) is 49.5 Å². The molecule has 53 heavy (non-hydrogen) atoms. The molecule has 296 valence electrons.